The molecule has 0 bridgehead atoms. The van der Waals surface area contributed by atoms with Crippen molar-refractivity contribution in [2.24, 2.45) is 0 Å². The number of hydrogen-bond donors (Lipinski definition) is 0. The molecule has 4 heterocycles. The standard InChI is InChI=1S/C21H24N4O3/c1-5-8-25-18(16-10-14(3)28-15(16)4)12-23-11-17(22-19(23)21(25)27)20(26)24-9-6-7-13(24)2/h5,10-13H,1,6-9H2,2-4H3/t13-/m0/s1. The Morgan fingerprint density at radius 2 is 2.18 bits per heavy atom. The average molecular weight is 380 g/mol. The molecule has 7 heteroatoms. The molecule has 1 atom stereocenters. The molecule has 146 valence electrons. The summed E-state index contributed by atoms with van der Waals surface area (Å²) in [6, 6.07) is 2.10. The van der Waals surface area contributed by atoms with Crippen molar-refractivity contribution in [3.05, 3.63) is 58.7 Å². The second-order valence-corrected chi connectivity index (χ2v) is 7.39. The van der Waals surface area contributed by atoms with Crippen molar-refractivity contribution in [3.8, 4) is 11.3 Å². The van der Waals surface area contributed by atoms with Crippen LogP contribution in [-0.4, -0.2) is 37.3 Å². The number of carbonyl (C=O) groups is 1. The number of furan rings is 1. The van der Waals surface area contributed by atoms with Crippen molar-refractivity contribution in [1.82, 2.24) is 18.9 Å². The van der Waals surface area contributed by atoms with E-state index in [1.165, 1.54) is 0 Å². The number of aryl methyl sites for hydroxylation is 2. The Kier molecular flexibility index (Phi) is 4.45. The molecule has 3 aromatic rings. The van der Waals surface area contributed by atoms with Crippen molar-refractivity contribution >= 4 is 11.6 Å². The van der Waals surface area contributed by atoms with Crippen molar-refractivity contribution in [1.29, 1.82) is 0 Å². The Labute approximate surface area is 162 Å². The van der Waals surface area contributed by atoms with Gasteiger partial charge in [-0.2, -0.15) is 0 Å². The molecule has 3 aromatic heterocycles. The Morgan fingerprint density at radius 1 is 1.39 bits per heavy atom. The fraction of sp³-hybridized carbons (Fsp3) is 0.381. The summed E-state index contributed by atoms with van der Waals surface area (Å²) < 4.78 is 8.91. The number of allylic oxidation sites excluding steroid dienone is 1. The predicted octanol–water partition coefficient (Wildman–Crippen LogP) is 3.18. The molecule has 7 nitrogen and oxygen atoms in total. The highest BCUT2D eigenvalue weighted by atomic mass is 16.3. The summed E-state index contributed by atoms with van der Waals surface area (Å²) in [6.45, 7) is 10.6. The van der Waals surface area contributed by atoms with Gasteiger partial charge in [0.2, 0.25) is 5.65 Å². The molecule has 1 fully saturated rings. The zero-order chi connectivity index (χ0) is 20.0. The topological polar surface area (TPSA) is 72.8 Å². The van der Waals surface area contributed by atoms with E-state index in [4.69, 9.17) is 4.42 Å². The van der Waals surface area contributed by atoms with Gasteiger partial charge in [0.1, 0.15) is 17.2 Å². The van der Waals surface area contributed by atoms with Crippen molar-refractivity contribution < 1.29 is 9.21 Å². The summed E-state index contributed by atoms with van der Waals surface area (Å²) in [4.78, 5) is 32.2. The first-order valence-electron chi connectivity index (χ1n) is 9.52. The van der Waals surface area contributed by atoms with Crippen LogP contribution >= 0.6 is 0 Å². The Balaban J connectivity index is 1.88. The maximum Gasteiger partial charge on any atom is 0.295 e. The summed E-state index contributed by atoms with van der Waals surface area (Å²) >= 11 is 0. The number of hydrogen-bond acceptors (Lipinski definition) is 4. The van der Waals surface area contributed by atoms with Crippen LogP contribution in [0.1, 0.15) is 41.8 Å². The Bertz CT molecular complexity index is 1130. The van der Waals surface area contributed by atoms with Gasteiger partial charge in [0.05, 0.1) is 5.69 Å². The lowest BCUT2D eigenvalue weighted by Crippen LogP contribution is -2.33. The van der Waals surface area contributed by atoms with Gasteiger partial charge in [-0.1, -0.05) is 6.08 Å². The molecular weight excluding hydrogens is 356 g/mol. The largest absolute Gasteiger partial charge is 0.466 e. The maximum atomic E-state index is 13.1. The van der Waals surface area contributed by atoms with Crippen LogP contribution < -0.4 is 5.56 Å². The van der Waals surface area contributed by atoms with Crippen LogP contribution in [0.25, 0.3) is 16.9 Å². The van der Waals surface area contributed by atoms with Gasteiger partial charge in [0.25, 0.3) is 11.5 Å². The van der Waals surface area contributed by atoms with Crippen LogP contribution in [0, 0.1) is 13.8 Å². The van der Waals surface area contributed by atoms with E-state index in [-0.39, 0.29) is 23.2 Å². The number of imidazole rings is 1. The van der Waals surface area contributed by atoms with E-state index < -0.39 is 0 Å². The average Bonchev–Trinajstić information content (AvgIpc) is 3.35. The number of nitrogens with zero attached hydrogens (tertiary/aromatic N) is 4. The maximum absolute atomic E-state index is 13.1. The predicted molar refractivity (Wildman–Crippen MR) is 107 cm³/mol. The minimum atomic E-state index is -0.260. The lowest BCUT2D eigenvalue weighted by atomic mass is 10.2. The van der Waals surface area contributed by atoms with Gasteiger partial charge in [-0.05, 0) is 39.7 Å². The van der Waals surface area contributed by atoms with Gasteiger partial charge in [-0.3, -0.25) is 18.6 Å². The first-order chi connectivity index (χ1) is 13.4. The molecule has 0 radical (unpaired) electrons. The molecule has 0 spiro atoms. The first kappa shape index (κ1) is 18.3. The highest BCUT2D eigenvalue weighted by Crippen LogP contribution is 2.26. The molecule has 1 amide bonds. The van der Waals surface area contributed by atoms with Crippen LogP contribution in [0.4, 0.5) is 0 Å². The summed E-state index contributed by atoms with van der Waals surface area (Å²) in [7, 11) is 0. The van der Waals surface area contributed by atoms with Crippen LogP contribution in [-0.2, 0) is 6.54 Å². The minimum absolute atomic E-state index is 0.125. The monoisotopic (exact) mass is 380 g/mol. The zero-order valence-corrected chi connectivity index (χ0v) is 16.4. The third-order valence-electron chi connectivity index (χ3n) is 5.38. The van der Waals surface area contributed by atoms with Gasteiger partial charge in [-0.25, -0.2) is 4.98 Å². The second kappa shape index (κ2) is 6.82. The van der Waals surface area contributed by atoms with E-state index in [1.807, 2.05) is 37.9 Å². The fourth-order valence-corrected chi connectivity index (χ4v) is 3.98. The molecule has 1 aliphatic rings. The van der Waals surface area contributed by atoms with E-state index >= 15 is 0 Å². The van der Waals surface area contributed by atoms with E-state index in [1.54, 1.807) is 21.2 Å². The van der Waals surface area contributed by atoms with E-state index in [9.17, 15) is 9.59 Å². The number of rotatable bonds is 4. The van der Waals surface area contributed by atoms with Crippen molar-refractivity contribution in [2.45, 2.75) is 46.2 Å². The van der Waals surface area contributed by atoms with Gasteiger partial charge in [0.15, 0.2) is 0 Å². The van der Waals surface area contributed by atoms with Gasteiger partial charge >= 0.3 is 0 Å². The highest BCUT2D eigenvalue weighted by molar-refractivity contribution is 5.93. The number of aromatic nitrogens is 3. The molecule has 0 N–H and O–H groups in total. The first-order valence-corrected chi connectivity index (χ1v) is 9.52. The number of likely N-dealkylation sites (tertiary alicyclic amines) is 1. The van der Waals surface area contributed by atoms with Crippen LogP contribution in [0.5, 0.6) is 0 Å². The van der Waals surface area contributed by atoms with Gasteiger partial charge in [-0.15, -0.1) is 6.58 Å². The third kappa shape index (κ3) is 2.87. The summed E-state index contributed by atoms with van der Waals surface area (Å²) in [5, 5.41) is 0. The zero-order valence-electron chi connectivity index (χ0n) is 16.4. The minimum Gasteiger partial charge on any atom is -0.466 e. The molecule has 4 rings (SSSR count). The molecule has 1 saturated heterocycles. The van der Waals surface area contributed by atoms with Crippen molar-refractivity contribution in [2.75, 3.05) is 6.54 Å². The molecular formula is C21H24N4O3. The summed E-state index contributed by atoms with van der Waals surface area (Å²) in [6.07, 6.45) is 7.14. The molecule has 0 saturated carbocycles. The Hall–Kier alpha value is -3.09. The molecule has 1 aliphatic heterocycles. The quantitative estimate of drug-likeness (QED) is 0.652. The summed E-state index contributed by atoms with van der Waals surface area (Å²) in [5.74, 6) is 1.38. The number of fused-ring (bicyclic) bond motifs is 1. The Morgan fingerprint density at radius 3 is 2.79 bits per heavy atom. The molecule has 0 aliphatic carbocycles. The van der Waals surface area contributed by atoms with Crippen LogP contribution in [0.15, 0.2) is 40.3 Å². The van der Waals surface area contributed by atoms with Crippen LogP contribution in [0.2, 0.25) is 0 Å². The SMILES string of the molecule is C=CCn1c(-c2cc(C)oc2C)cn2cc(C(=O)N3CCC[C@@H]3C)nc2c1=O. The second-order valence-electron chi connectivity index (χ2n) is 7.39. The fourth-order valence-electron chi connectivity index (χ4n) is 3.98. The van der Waals surface area contributed by atoms with E-state index in [0.29, 0.717) is 17.9 Å². The van der Waals surface area contributed by atoms with Gasteiger partial charge in [0, 0.05) is 37.1 Å². The normalized spacial score (nSPS) is 16.8. The molecule has 0 aromatic carbocycles. The van der Waals surface area contributed by atoms with E-state index in [0.717, 1.165) is 36.5 Å². The van der Waals surface area contributed by atoms with Gasteiger partial charge < -0.3 is 9.32 Å². The van der Waals surface area contributed by atoms with Crippen molar-refractivity contribution in [3.63, 3.8) is 0 Å². The summed E-state index contributed by atoms with van der Waals surface area (Å²) in [5.41, 5.74) is 1.82. The third-order valence-corrected chi connectivity index (χ3v) is 5.38. The number of amides is 1. The van der Waals surface area contributed by atoms with E-state index in [2.05, 4.69) is 11.6 Å². The molecule has 28 heavy (non-hydrogen) atoms. The molecule has 0 unspecified atom stereocenters. The lowest BCUT2D eigenvalue weighted by Gasteiger charge is -2.19. The number of carbonyl (C=O) groups excluding carboxylic acids is 1. The lowest BCUT2D eigenvalue weighted by molar-refractivity contribution is 0.0742. The highest BCUT2D eigenvalue weighted by Gasteiger charge is 2.28. The van der Waals surface area contributed by atoms with Crippen LogP contribution in [0.3, 0.4) is 0 Å². The smallest absolute Gasteiger partial charge is 0.295 e.